The highest BCUT2D eigenvalue weighted by Gasteiger charge is 2.24. The van der Waals surface area contributed by atoms with Crippen LogP contribution in [0.15, 0.2) is 65.4 Å². The molecule has 3 heterocycles. The van der Waals surface area contributed by atoms with Gasteiger partial charge in [-0.05, 0) is 36.4 Å². The standard InChI is InChI=1S/C18H12ClN3O2S/c19-13-6-3-8-15-16(13)21-18(25-15)22(11-12-5-1-2-9-20-12)17(23)14-7-4-10-24-14/h1-10H,11H2. The van der Waals surface area contributed by atoms with E-state index in [1.165, 1.54) is 17.6 Å². The number of carbonyl (C=O) groups excluding carboxylic acids is 1. The quantitative estimate of drug-likeness (QED) is 0.519. The number of hydrogen-bond acceptors (Lipinski definition) is 5. The molecule has 0 aliphatic heterocycles. The Hall–Kier alpha value is -2.70. The molecule has 0 radical (unpaired) electrons. The van der Waals surface area contributed by atoms with Gasteiger partial charge in [-0.2, -0.15) is 0 Å². The van der Waals surface area contributed by atoms with E-state index in [0.29, 0.717) is 15.7 Å². The summed E-state index contributed by atoms with van der Waals surface area (Å²) >= 11 is 7.63. The van der Waals surface area contributed by atoms with E-state index in [0.717, 1.165) is 10.4 Å². The second-order valence-electron chi connectivity index (χ2n) is 5.27. The van der Waals surface area contributed by atoms with Crippen LogP contribution in [-0.4, -0.2) is 15.9 Å². The van der Waals surface area contributed by atoms with Gasteiger partial charge in [0.15, 0.2) is 10.9 Å². The number of pyridine rings is 1. The average molecular weight is 370 g/mol. The third-order valence-electron chi connectivity index (χ3n) is 3.61. The molecular weight excluding hydrogens is 358 g/mol. The van der Waals surface area contributed by atoms with Crippen LogP contribution >= 0.6 is 22.9 Å². The summed E-state index contributed by atoms with van der Waals surface area (Å²) in [6.45, 7) is 0.289. The monoisotopic (exact) mass is 369 g/mol. The van der Waals surface area contributed by atoms with Gasteiger partial charge in [0.2, 0.25) is 0 Å². The van der Waals surface area contributed by atoms with Crippen LogP contribution in [0.2, 0.25) is 5.02 Å². The molecule has 5 nitrogen and oxygen atoms in total. The molecule has 0 unspecified atom stereocenters. The Bertz CT molecular complexity index is 1020. The largest absolute Gasteiger partial charge is 0.459 e. The molecule has 4 aromatic rings. The zero-order chi connectivity index (χ0) is 17.2. The van der Waals surface area contributed by atoms with Crippen LogP contribution in [0.1, 0.15) is 16.2 Å². The van der Waals surface area contributed by atoms with Crippen molar-refractivity contribution < 1.29 is 9.21 Å². The van der Waals surface area contributed by atoms with Crippen LogP contribution < -0.4 is 4.90 Å². The number of amides is 1. The number of furan rings is 1. The van der Waals surface area contributed by atoms with Crippen molar-refractivity contribution in [3.8, 4) is 0 Å². The Kier molecular flexibility index (Phi) is 4.21. The lowest BCUT2D eigenvalue weighted by molar-refractivity contribution is 0.0958. The predicted molar refractivity (Wildman–Crippen MR) is 98.1 cm³/mol. The highest BCUT2D eigenvalue weighted by Crippen LogP contribution is 2.34. The second kappa shape index (κ2) is 6.66. The number of benzene rings is 1. The molecule has 124 valence electrons. The summed E-state index contributed by atoms with van der Waals surface area (Å²) in [7, 11) is 0. The molecule has 3 aromatic heterocycles. The molecule has 0 bridgehead atoms. The summed E-state index contributed by atoms with van der Waals surface area (Å²) < 4.78 is 6.19. The third-order valence-corrected chi connectivity index (χ3v) is 4.96. The molecule has 0 aliphatic carbocycles. The third kappa shape index (κ3) is 3.14. The van der Waals surface area contributed by atoms with Gasteiger partial charge >= 0.3 is 0 Å². The lowest BCUT2D eigenvalue weighted by Crippen LogP contribution is -2.30. The molecule has 1 amide bonds. The molecule has 1 aromatic carbocycles. The Labute approximate surface area is 152 Å². The van der Waals surface area contributed by atoms with Gasteiger partial charge in [-0.25, -0.2) is 4.98 Å². The smallest absolute Gasteiger partial charge is 0.296 e. The molecule has 0 fully saturated rings. The van der Waals surface area contributed by atoms with Crippen LogP contribution in [0.25, 0.3) is 10.2 Å². The van der Waals surface area contributed by atoms with E-state index in [1.807, 2.05) is 30.3 Å². The van der Waals surface area contributed by atoms with Crippen molar-refractivity contribution in [3.63, 3.8) is 0 Å². The minimum Gasteiger partial charge on any atom is -0.459 e. The summed E-state index contributed by atoms with van der Waals surface area (Å²) in [5.74, 6) is -0.0212. The van der Waals surface area contributed by atoms with Crippen LogP contribution in [-0.2, 0) is 6.54 Å². The molecule has 0 N–H and O–H groups in total. The number of halogens is 1. The SMILES string of the molecule is O=C(c1ccco1)N(Cc1ccccn1)c1nc2c(Cl)cccc2s1. The minimum atomic E-state index is -0.272. The fourth-order valence-corrected chi connectivity index (χ4v) is 3.69. The zero-order valence-corrected chi connectivity index (χ0v) is 14.5. The van der Waals surface area contributed by atoms with Gasteiger partial charge in [0.05, 0.1) is 28.2 Å². The van der Waals surface area contributed by atoms with Crippen LogP contribution in [0, 0.1) is 0 Å². The molecule has 0 saturated heterocycles. The number of para-hydroxylation sites is 1. The first-order valence-electron chi connectivity index (χ1n) is 7.53. The first-order valence-corrected chi connectivity index (χ1v) is 8.72. The van der Waals surface area contributed by atoms with E-state index in [4.69, 9.17) is 16.0 Å². The fraction of sp³-hybridized carbons (Fsp3) is 0.0556. The molecule has 0 spiro atoms. The Morgan fingerprint density at radius 1 is 1.16 bits per heavy atom. The maximum absolute atomic E-state index is 12.9. The van der Waals surface area contributed by atoms with E-state index in [9.17, 15) is 4.79 Å². The number of nitrogens with zero attached hydrogens (tertiary/aromatic N) is 3. The average Bonchev–Trinajstić information content (AvgIpc) is 3.30. The van der Waals surface area contributed by atoms with E-state index >= 15 is 0 Å². The molecule has 0 aliphatic rings. The predicted octanol–water partition coefficient (Wildman–Crippen LogP) is 4.78. The summed E-state index contributed by atoms with van der Waals surface area (Å²) in [4.78, 5) is 23.3. The normalized spacial score (nSPS) is 10.9. The van der Waals surface area contributed by atoms with E-state index < -0.39 is 0 Å². The number of thiazole rings is 1. The van der Waals surface area contributed by atoms with Crippen LogP contribution in [0.4, 0.5) is 5.13 Å². The zero-order valence-electron chi connectivity index (χ0n) is 12.9. The second-order valence-corrected chi connectivity index (χ2v) is 6.69. The number of fused-ring (bicyclic) bond motifs is 1. The van der Waals surface area contributed by atoms with Gasteiger partial charge in [0.25, 0.3) is 5.91 Å². The summed E-state index contributed by atoms with van der Waals surface area (Å²) in [6.07, 6.45) is 3.17. The number of anilines is 1. The molecular formula is C18H12ClN3O2S. The topological polar surface area (TPSA) is 59.2 Å². The van der Waals surface area contributed by atoms with Crippen molar-refractivity contribution in [2.75, 3.05) is 4.90 Å². The maximum atomic E-state index is 12.9. The molecule has 25 heavy (non-hydrogen) atoms. The molecule has 0 atom stereocenters. The fourth-order valence-electron chi connectivity index (χ4n) is 2.43. The maximum Gasteiger partial charge on any atom is 0.296 e. The van der Waals surface area contributed by atoms with Gasteiger partial charge in [-0.15, -0.1) is 0 Å². The van der Waals surface area contributed by atoms with Gasteiger partial charge < -0.3 is 4.42 Å². The van der Waals surface area contributed by atoms with Gasteiger partial charge in [0, 0.05) is 6.20 Å². The van der Waals surface area contributed by atoms with E-state index in [-0.39, 0.29) is 18.2 Å². The minimum absolute atomic E-state index is 0.251. The first kappa shape index (κ1) is 15.8. The van der Waals surface area contributed by atoms with E-state index in [1.54, 1.807) is 29.3 Å². The molecule has 4 rings (SSSR count). The van der Waals surface area contributed by atoms with Crippen LogP contribution in [0.3, 0.4) is 0 Å². The molecule has 0 saturated carbocycles. The Morgan fingerprint density at radius 2 is 2.08 bits per heavy atom. The summed E-state index contributed by atoms with van der Waals surface area (Å²) in [6, 6.07) is 14.5. The summed E-state index contributed by atoms with van der Waals surface area (Å²) in [5.41, 5.74) is 1.44. The van der Waals surface area contributed by atoms with Gasteiger partial charge in [-0.3, -0.25) is 14.7 Å². The van der Waals surface area contributed by atoms with Crippen molar-refractivity contribution in [3.05, 3.63) is 77.5 Å². The number of hydrogen-bond donors (Lipinski definition) is 0. The van der Waals surface area contributed by atoms with Gasteiger partial charge in [-0.1, -0.05) is 35.1 Å². The highest BCUT2D eigenvalue weighted by molar-refractivity contribution is 7.22. The Morgan fingerprint density at radius 3 is 2.80 bits per heavy atom. The van der Waals surface area contributed by atoms with Crippen molar-refractivity contribution in [2.45, 2.75) is 6.54 Å². The number of carbonyl (C=O) groups is 1. The van der Waals surface area contributed by atoms with Crippen LogP contribution in [0.5, 0.6) is 0 Å². The number of aromatic nitrogens is 2. The van der Waals surface area contributed by atoms with Crippen molar-refractivity contribution in [1.29, 1.82) is 0 Å². The molecule has 7 heteroatoms. The Balaban J connectivity index is 1.78. The van der Waals surface area contributed by atoms with E-state index in [2.05, 4.69) is 9.97 Å². The van der Waals surface area contributed by atoms with Crippen molar-refractivity contribution in [2.24, 2.45) is 0 Å². The highest BCUT2D eigenvalue weighted by atomic mass is 35.5. The lowest BCUT2D eigenvalue weighted by Gasteiger charge is -2.18. The first-order chi connectivity index (χ1) is 12.2. The van der Waals surface area contributed by atoms with Crippen molar-refractivity contribution >= 4 is 44.2 Å². The lowest BCUT2D eigenvalue weighted by atomic mass is 10.3. The van der Waals surface area contributed by atoms with Gasteiger partial charge in [0.1, 0.15) is 5.52 Å². The van der Waals surface area contributed by atoms with Crippen molar-refractivity contribution in [1.82, 2.24) is 9.97 Å². The number of rotatable bonds is 4. The summed E-state index contributed by atoms with van der Waals surface area (Å²) in [5, 5.41) is 1.11.